The molecule has 1 aromatic carbocycles. The molecule has 1 aromatic heterocycles. The summed E-state index contributed by atoms with van der Waals surface area (Å²) in [5, 5.41) is 5.70. The maximum Gasteiger partial charge on any atom is 0.275 e. The summed E-state index contributed by atoms with van der Waals surface area (Å²) in [6, 6.07) is 7.35. The van der Waals surface area contributed by atoms with Gasteiger partial charge in [-0.15, -0.1) is 0 Å². The summed E-state index contributed by atoms with van der Waals surface area (Å²) in [4.78, 5) is 26.2. The van der Waals surface area contributed by atoms with E-state index in [9.17, 15) is 9.59 Å². The maximum atomic E-state index is 12.4. The molecule has 5 nitrogen and oxygen atoms in total. The highest BCUT2D eigenvalue weighted by molar-refractivity contribution is 5.83. The fourth-order valence-corrected chi connectivity index (χ4v) is 2.28. The average molecular weight is 287 g/mol. The first-order valence-corrected chi connectivity index (χ1v) is 7.25. The summed E-state index contributed by atoms with van der Waals surface area (Å²) in [6.45, 7) is 4.63. The Morgan fingerprint density at radius 2 is 1.95 bits per heavy atom. The molecule has 0 atom stereocenters. The largest absolute Gasteiger partial charge is 0.344 e. The number of carbonyl (C=O) groups is 1. The molecule has 5 heteroatoms. The lowest BCUT2D eigenvalue weighted by atomic mass is 10.1. The van der Waals surface area contributed by atoms with Gasteiger partial charge in [0, 0.05) is 19.0 Å². The zero-order valence-electron chi connectivity index (χ0n) is 12.8. The number of carbonyl (C=O) groups excluding carboxylic acids is 1. The zero-order valence-corrected chi connectivity index (χ0v) is 12.8. The van der Waals surface area contributed by atoms with Crippen molar-refractivity contribution in [3.05, 3.63) is 40.3 Å². The van der Waals surface area contributed by atoms with E-state index in [1.54, 1.807) is 18.0 Å². The second-order valence-electron chi connectivity index (χ2n) is 5.26. The molecule has 0 fully saturated rings. The third-order valence-corrected chi connectivity index (χ3v) is 3.61. The molecule has 21 heavy (non-hydrogen) atoms. The standard InChI is InChI=1S/C16H21N3O2/c1-4-5-10-18(3)15(20)11-19-16(21)14-9-7-6-8-13(14)12(2)17-19/h6-9H,4-5,10-11H2,1-3H3. The predicted octanol–water partition coefficient (Wildman–Crippen LogP) is 1.96. The second-order valence-corrected chi connectivity index (χ2v) is 5.26. The molecule has 1 heterocycles. The van der Waals surface area contributed by atoms with Crippen LogP contribution in [0, 0.1) is 6.92 Å². The number of nitrogens with zero attached hydrogens (tertiary/aromatic N) is 3. The molecule has 1 amide bonds. The summed E-state index contributed by atoms with van der Waals surface area (Å²) in [6.07, 6.45) is 1.99. The first-order valence-electron chi connectivity index (χ1n) is 7.25. The molecule has 2 aromatic rings. The quantitative estimate of drug-likeness (QED) is 0.844. The van der Waals surface area contributed by atoms with Crippen LogP contribution in [0.15, 0.2) is 29.1 Å². The highest BCUT2D eigenvalue weighted by Crippen LogP contribution is 2.11. The first kappa shape index (κ1) is 15.2. The number of fused-ring (bicyclic) bond motifs is 1. The molecule has 0 aliphatic heterocycles. The van der Waals surface area contributed by atoms with Gasteiger partial charge in [0.05, 0.1) is 11.1 Å². The van der Waals surface area contributed by atoms with Gasteiger partial charge in [-0.3, -0.25) is 9.59 Å². The monoisotopic (exact) mass is 287 g/mol. The fourth-order valence-electron chi connectivity index (χ4n) is 2.28. The van der Waals surface area contributed by atoms with Crippen LogP contribution in [0.25, 0.3) is 10.8 Å². The summed E-state index contributed by atoms with van der Waals surface area (Å²) in [5.41, 5.74) is 0.544. The van der Waals surface area contributed by atoms with Crippen LogP contribution < -0.4 is 5.56 Å². The highest BCUT2D eigenvalue weighted by Gasteiger charge is 2.13. The number of aryl methyl sites for hydroxylation is 1. The van der Waals surface area contributed by atoms with E-state index in [4.69, 9.17) is 0 Å². The van der Waals surface area contributed by atoms with Crippen molar-refractivity contribution in [2.75, 3.05) is 13.6 Å². The number of hydrogen-bond acceptors (Lipinski definition) is 3. The number of hydrogen-bond donors (Lipinski definition) is 0. The molecule has 0 bridgehead atoms. The number of likely N-dealkylation sites (N-methyl/N-ethyl adjacent to an activating group) is 1. The Bertz CT molecular complexity index is 706. The van der Waals surface area contributed by atoms with Crippen LogP contribution in [-0.4, -0.2) is 34.2 Å². The van der Waals surface area contributed by atoms with Gasteiger partial charge in [0.2, 0.25) is 5.91 Å². The molecule has 0 aliphatic rings. The van der Waals surface area contributed by atoms with E-state index < -0.39 is 0 Å². The van der Waals surface area contributed by atoms with Gasteiger partial charge in [0.25, 0.3) is 5.56 Å². The first-order chi connectivity index (χ1) is 10.0. The van der Waals surface area contributed by atoms with E-state index >= 15 is 0 Å². The lowest BCUT2D eigenvalue weighted by Crippen LogP contribution is -2.35. The van der Waals surface area contributed by atoms with Crippen LogP contribution in [0.2, 0.25) is 0 Å². The Kier molecular flexibility index (Phi) is 4.73. The lowest BCUT2D eigenvalue weighted by molar-refractivity contribution is -0.130. The molecule has 0 aliphatic carbocycles. The number of aromatic nitrogens is 2. The topological polar surface area (TPSA) is 55.2 Å². The third-order valence-electron chi connectivity index (χ3n) is 3.61. The molecular weight excluding hydrogens is 266 g/mol. The maximum absolute atomic E-state index is 12.4. The molecule has 0 unspecified atom stereocenters. The van der Waals surface area contributed by atoms with Crippen LogP contribution in [0.1, 0.15) is 25.5 Å². The zero-order chi connectivity index (χ0) is 15.4. The minimum absolute atomic E-state index is 0.00920. The van der Waals surface area contributed by atoms with E-state index in [1.165, 1.54) is 4.68 Å². The minimum atomic E-state index is -0.214. The molecule has 0 N–H and O–H groups in total. The normalized spacial score (nSPS) is 10.8. The van der Waals surface area contributed by atoms with Crippen molar-refractivity contribution in [2.45, 2.75) is 33.2 Å². The number of unbranched alkanes of at least 4 members (excludes halogenated alkanes) is 1. The lowest BCUT2D eigenvalue weighted by Gasteiger charge is -2.17. The molecule has 0 spiro atoms. The van der Waals surface area contributed by atoms with Gasteiger partial charge >= 0.3 is 0 Å². The Hall–Kier alpha value is -2.17. The van der Waals surface area contributed by atoms with Crippen molar-refractivity contribution in [2.24, 2.45) is 0 Å². The predicted molar refractivity (Wildman–Crippen MR) is 83.3 cm³/mol. The van der Waals surface area contributed by atoms with Gasteiger partial charge in [0.15, 0.2) is 0 Å². The molecular formula is C16H21N3O2. The molecule has 2 rings (SSSR count). The smallest absolute Gasteiger partial charge is 0.275 e. The minimum Gasteiger partial charge on any atom is -0.344 e. The van der Waals surface area contributed by atoms with E-state index in [-0.39, 0.29) is 18.0 Å². The van der Waals surface area contributed by atoms with Crippen LogP contribution in [0.4, 0.5) is 0 Å². The Morgan fingerprint density at radius 1 is 1.29 bits per heavy atom. The van der Waals surface area contributed by atoms with Crippen LogP contribution in [0.3, 0.4) is 0 Å². The van der Waals surface area contributed by atoms with Crippen molar-refractivity contribution in [1.29, 1.82) is 0 Å². The molecule has 0 radical (unpaired) electrons. The number of benzene rings is 1. The second kappa shape index (κ2) is 6.52. The summed E-state index contributed by atoms with van der Waals surface area (Å²) in [7, 11) is 1.76. The van der Waals surface area contributed by atoms with Crippen molar-refractivity contribution < 1.29 is 4.79 Å². The van der Waals surface area contributed by atoms with Crippen molar-refractivity contribution in [1.82, 2.24) is 14.7 Å². The van der Waals surface area contributed by atoms with Crippen molar-refractivity contribution in [3.8, 4) is 0 Å². The van der Waals surface area contributed by atoms with Gasteiger partial charge in [-0.05, 0) is 19.4 Å². The van der Waals surface area contributed by atoms with E-state index in [1.807, 2.05) is 25.1 Å². The summed E-state index contributed by atoms with van der Waals surface area (Å²) >= 11 is 0. The van der Waals surface area contributed by atoms with Crippen molar-refractivity contribution in [3.63, 3.8) is 0 Å². The van der Waals surface area contributed by atoms with Gasteiger partial charge in [-0.1, -0.05) is 31.5 Å². The summed E-state index contributed by atoms with van der Waals surface area (Å²) < 4.78 is 1.27. The van der Waals surface area contributed by atoms with Gasteiger partial charge in [-0.25, -0.2) is 4.68 Å². The van der Waals surface area contributed by atoms with Gasteiger partial charge in [-0.2, -0.15) is 5.10 Å². The van der Waals surface area contributed by atoms with Crippen LogP contribution >= 0.6 is 0 Å². The SMILES string of the molecule is CCCCN(C)C(=O)Cn1nc(C)c2ccccc2c1=O. The van der Waals surface area contributed by atoms with E-state index in [0.717, 1.165) is 23.9 Å². The fraction of sp³-hybridized carbons (Fsp3) is 0.438. The molecule has 0 saturated heterocycles. The number of rotatable bonds is 5. The highest BCUT2D eigenvalue weighted by atomic mass is 16.2. The van der Waals surface area contributed by atoms with Crippen LogP contribution in [-0.2, 0) is 11.3 Å². The number of amides is 1. The summed E-state index contributed by atoms with van der Waals surface area (Å²) in [5.74, 6) is -0.0901. The third kappa shape index (κ3) is 3.29. The Morgan fingerprint density at radius 3 is 2.62 bits per heavy atom. The van der Waals surface area contributed by atoms with E-state index in [2.05, 4.69) is 12.0 Å². The van der Waals surface area contributed by atoms with Crippen LogP contribution in [0.5, 0.6) is 0 Å². The van der Waals surface area contributed by atoms with E-state index in [0.29, 0.717) is 11.9 Å². The van der Waals surface area contributed by atoms with Gasteiger partial charge < -0.3 is 4.90 Å². The van der Waals surface area contributed by atoms with Gasteiger partial charge in [0.1, 0.15) is 6.54 Å². The Balaban J connectivity index is 2.29. The molecule has 0 saturated carbocycles. The Labute approximate surface area is 124 Å². The molecule has 112 valence electrons. The van der Waals surface area contributed by atoms with Crippen molar-refractivity contribution >= 4 is 16.7 Å². The average Bonchev–Trinajstić information content (AvgIpc) is 2.49.